The third-order valence-corrected chi connectivity index (χ3v) is 3.62. The number of amides is 1. The van der Waals surface area contributed by atoms with E-state index >= 15 is 0 Å². The molecule has 0 aromatic carbocycles. The van der Waals surface area contributed by atoms with Crippen molar-refractivity contribution < 1.29 is 19.4 Å². The third kappa shape index (κ3) is 3.00. The Labute approximate surface area is 106 Å². The number of nitrogens with zero attached hydrogens (tertiary/aromatic N) is 1. The lowest BCUT2D eigenvalue weighted by Crippen LogP contribution is -2.55. The zero-order chi connectivity index (χ0) is 13.1. The zero-order valence-corrected chi connectivity index (χ0v) is 10.6. The molecule has 0 bridgehead atoms. The average molecular weight is 256 g/mol. The lowest BCUT2D eigenvalue weighted by Gasteiger charge is -2.36. The van der Waals surface area contributed by atoms with E-state index in [1.165, 1.54) is 0 Å². The molecule has 3 unspecified atom stereocenters. The van der Waals surface area contributed by atoms with Crippen molar-refractivity contribution in [2.45, 2.75) is 31.9 Å². The zero-order valence-electron chi connectivity index (χ0n) is 10.6. The van der Waals surface area contributed by atoms with Crippen molar-refractivity contribution in [2.75, 3.05) is 26.2 Å². The maximum atomic E-state index is 12.3. The van der Waals surface area contributed by atoms with E-state index in [1.54, 1.807) is 4.90 Å². The molecule has 2 fully saturated rings. The average Bonchev–Trinajstić information content (AvgIpc) is 2.38. The summed E-state index contributed by atoms with van der Waals surface area (Å²) in [5, 5.41) is 12.1. The van der Waals surface area contributed by atoms with Gasteiger partial charge in [0.1, 0.15) is 0 Å². The van der Waals surface area contributed by atoms with E-state index in [-0.39, 0.29) is 18.5 Å². The number of piperidine rings is 1. The maximum absolute atomic E-state index is 12.3. The molecule has 0 radical (unpaired) electrons. The van der Waals surface area contributed by atoms with E-state index in [0.29, 0.717) is 19.1 Å². The lowest BCUT2D eigenvalue weighted by molar-refractivity contribution is -0.160. The standard InChI is InChI=1S/C12H20N2O4/c1-8-2-3-13-9(6-8)11(15)14-4-5-18-10(7-14)12(16)17/h8-10,13H,2-7H2,1H3,(H,16,17). The number of hydrogen-bond acceptors (Lipinski definition) is 4. The van der Waals surface area contributed by atoms with Crippen LogP contribution in [0.15, 0.2) is 0 Å². The first-order chi connectivity index (χ1) is 8.58. The van der Waals surface area contributed by atoms with Crippen molar-refractivity contribution in [1.82, 2.24) is 10.2 Å². The van der Waals surface area contributed by atoms with Crippen molar-refractivity contribution in [1.29, 1.82) is 0 Å². The summed E-state index contributed by atoms with van der Waals surface area (Å²) in [5.41, 5.74) is 0. The molecule has 6 nitrogen and oxygen atoms in total. The molecule has 1 amide bonds. The summed E-state index contributed by atoms with van der Waals surface area (Å²) >= 11 is 0. The molecule has 18 heavy (non-hydrogen) atoms. The molecule has 0 spiro atoms. The topological polar surface area (TPSA) is 78.9 Å². The summed E-state index contributed by atoms with van der Waals surface area (Å²) in [6.45, 7) is 3.92. The van der Waals surface area contributed by atoms with Crippen LogP contribution in [0, 0.1) is 5.92 Å². The van der Waals surface area contributed by atoms with E-state index in [0.717, 1.165) is 19.4 Å². The summed E-state index contributed by atoms with van der Waals surface area (Å²) in [5.74, 6) is -0.454. The van der Waals surface area contributed by atoms with Crippen LogP contribution >= 0.6 is 0 Å². The Bertz CT molecular complexity index is 334. The van der Waals surface area contributed by atoms with Gasteiger partial charge < -0.3 is 20.1 Å². The van der Waals surface area contributed by atoms with E-state index in [4.69, 9.17) is 9.84 Å². The molecule has 2 N–H and O–H groups in total. The van der Waals surface area contributed by atoms with Crippen LogP contribution in [0.3, 0.4) is 0 Å². The van der Waals surface area contributed by atoms with Gasteiger partial charge in [-0.25, -0.2) is 4.79 Å². The maximum Gasteiger partial charge on any atom is 0.334 e. The molecule has 2 aliphatic rings. The molecule has 0 aromatic rings. The summed E-state index contributed by atoms with van der Waals surface area (Å²) in [4.78, 5) is 24.8. The molecule has 2 aliphatic heterocycles. The minimum atomic E-state index is -1.00. The Morgan fingerprint density at radius 2 is 2.22 bits per heavy atom. The minimum absolute atomic E-state index is 0.0103. The van der Waals surface area contributed by atoms with Gasteiger partial charge in [-0.3, -0.25) is 4.79 Å². The van der Waals surface area contributed by atoms with Gasteiger partial charge in [-0.1, -0.05) is 6.92 Å². The number of hydrogen-bond donors (Lipinski definition) is 2. The summed E-state index contributed by atoms with van der Waals surface area (Å²) in [7, 11) is 0. The van der Waals surface area contributed by atoms with Gasteiger partial charge in [0.25, 0.3) is 0 Å². The van der Waals surface area contributed by atoms with Crippen LogP contribution in [0.2, 0.25) is 0 Å². The third-order valence-electron chi connectivity index (χ3n) is 3.62. The van der Waals surface area contributed by atoms with Crippen molar-refractivity contribution in [3.05, 3.63) is 0 Å². The normalized spacial score (nSPS) is 33.2. The fraction of sp³-hybridized carbons (Fsp3) is 0.833. The second-order valence-electron chi connectivity index (χ2n) is 5.12. The van der Waals surface area contributed by atoms with E-state index in [9.17, 15) is 9.59 Å². The molecule has 0 aliphatic carbocycles. The fourth-order valence-corrected chi connectivity index (χ4v) is 2.51. The number of rotatable bonds is 2. The monoisotopic (exact) mass is 256 g/mol. The molecule has 0 aromatic heterocycles. The molecule has 3 atom stereocenters. The predicted octanol–water partition coefficient (Wildman–Crippen LogP) is -0.313. The molecular weight excluding hydrogens is 236 g/mol. The van der Waals surface area contributed by atoms with E-state index in [1.807, 2.05) is 0 Å². The Kier molecular flexibility index (Phi) is 4.19. The van der Waals surface area contributed by atoms with Gasteiger partial charge >= 0.3 is 5.97 Å². The Balaban J connectivity index is 1.93. The quantitative estimate of drug-likeness (QED) is 0.708. The first-order valence-corrected chi connectivity index (χ1v) is 6.44. The minimum Gasteiger partial charge on any atom is -0.479 e. The molecule has 0 saturated carbocycles. The van der Waals surface area contributed by atoms with Crippen LogP contribution in [0.25, 0.3) is 0 Å². The molecule has 6 heteroatoms. The predicted molar refractivity (Wildman–Crippen MR) is 64.1 cm³/mol. The number of morpholine rings is 1. The number of nitrogens with one attached hydrogen (secondary N) is 1. The highest BCUT2D eigenvalue weighted by molar-refractivity contribution is 5.83. The van der Waals surface area contributed by atoms with Gasteiger partial charge in [-0.05, 0) is 25.3 Å². The van der Waals surface area contributed by atoms with Crippen molar-refractivity contribution in [2.24, 2.45) is 5.92 Å². The van der Waals surface area contributed by atoms with E-state index in [2.05, 4.69) is 12.2 Å². The summed E-state index contributed by atoms with van der Waals surface area (Å²) < 4.78 is 5.11. The largest absolute Gasteiger partial charge is 0.479 e. The van der Waals surface area contributed by atoms with Crippen molar-refractivity contribution in [3.63, 3.8) is 0 Å². The smallest absolute Gasteiger partial charge is 0.334 e. The first-order valence-electron chi connectivity index (χ1n) is 6.44. The molecular formula is C12H20N2O4. The number of carboxylic acid groups (broad SMARTS) is 1. The highest BCUT2D eigenvalue weighted by atomic mass is 16.5. The van der Waals surface area contributed by atoms with Crippen molar-refractivity contribution >= 4 is 11.9 Å². The number of carboxylic acids is 1. The van der Waals surface area contributed by atoms with Crippen LogP contribution in [0.5, 0.6) is 0 Å². The second-order valence-corrected chi connectivity index (χ2v) is 5.12. The summed E-state index contributed by atoms with van der Waals surface area (Å²) in [6.07, 6.45) is 1.03. The van der Waals surface area contributed by atoms with Gasteiger partial charge in [-0.2, -0.15) is 0 Å². The Morgan fingerprint density at radius 1 is 1.44 bits per heavy atom. The van der Waals surface area contributed by atoms with Gasteiger partial charge in [-0.15, -0.1) is 0 Å². The van der Waals surface area contributed by atoms with Gasteiger partial charge in [0.05, 0.1) is 19.2 Å². The van der Waals surface area contributed by atoms with Gasteiger partial charge in [0, 0.05) is 6.54 Å². The van der Waals surface area contributed by atoms with E-state index < -0.39 is 12.1 Å². The van der Waals surface area contributed by atoms with Gasteiger partial charge in [0.15, 0.2) is 6.10 Å². The second kappa shape index (κ2) is 5.67. The molecule has 2 rings (SSSR count). The number of carbonyl (C=O) groups is 2. The van der Waals surface area contributed by atoms with Crippen LogP contribution in [-0.2, 0) is 14.3 Å². The Hall–Kier alpha value is -1.14. The van der Waals surface area contributed by atoms with Crippen molar-refractivity contribution in [3.8, 4) is 0 Å². The molecule has 2 saturated heterocycles. The number of aliphatic carboxylic acids is 1. The van der Waals surface area contributed by atoms with Crippen LogP contribution in [-0.4, -0.2) is 60.3 Å². The fourth-order valence-electron chi connectivity index (χ4n) is 2.51. The highest BCUT2D eigenvalue weighted by Gasteiger charge is 2.33. The van der Waals surface area contributed by atoms with Crippen LogP contribution in [0.4, 0.5) is 0 Å². The van der Waals surface area contributed by atoms with Crippen LogP contribution < -0.4 is 5.32 Å². The number of carbonyl (C=O) groups excluding carboxylic acids is 1. The highest BCUT2D eigenvalue weighted by Crippen LogP contribution is 2.17. The molecule has 2 heterocycles. The van der Waals surface area contributed by atoms with Crippen LogP contribution in [0.1, 0.15) is 19.8 Å². The first kappa shape index (κ1) is 13.3. The SMILES string of the molecule is CC1CCNC(C(=O)N2CCOC(C(=O)O)C2)C1. The lowest BCUT2D eigenvalue weighted by atomic mass is 9.93. The van der Waals surface area contributed by atoms with Gasteiger partial charge in [0.2, 0.25) is 5.91 Å². The Morgan fingerprint density at radius 3 is 2.89 bits per heavy atom. The molecule has 102 valence electrons. The summed E-state index contributed by atoms with van der Waals surface area (Å²) in [6, 6.07) is -0.165. The number of ether oxygens (including phenoxy) is 1.